The lowest BCUT2D eigenvalue weighted by Gasteiger charge is -2.29. The highest BCUT2D eigenvalue weighted by atomic mass is 16.4. The van der Waals surface area contributed by atoms with Crippen molar-refractivity contribution < 1.29 is 9.90 Å². The van der Waals surface area contributed by atoms with Crippen molar-refractivity contribution in [1.29, 1.82) is 0 Å². The van der Waals surface area contributed by atoms with Gasteiger partial charge < -0.3 is 5.11 Å². The van der Waals surface area contributed by atoms with E-state index in [0.717, 1.165) is 19.4 Å². The van der Waals surface area contributed by atoms with Crippen LogP contribution in [0, 0.1) is 0 Å². The molecule has 1 saturated carbocycles. The zero-order chi connectivity index (χ0) is 16.2. The van der Waals surface area contributed by atoms with Crippen LogP contribution in [0.15, 0.2) is 42.5 Å². The zero-order valence-corrected chi connectivity index (χ0v) is 13.7. The minimum Gasteiger partial charge on any atom is -0.481 e. The van der Waals surface area contributed by atoms with Crippen molar-refractivity contribution in [3.05, 3.63) is 48.0 Å². The number of hydrogen-bond acceptors (Lipinski definition) is 2. The first-order valence-corrected chi connectivity index (χ1v) is 8.61. The van der Waals surface area contributed by atoms with Gasteiger partial charge in [0.15, 0.2) is 0 Å². The van der Waals surface area contributed by atoms with E-state index in [1.54, 1.807) is 0 Å². The SMILES string of the molecule is CC(c1ccc2ccccc2c1)N(CCCCC(=O)O)C1CC1. The summed E-state index contributed by atoms with van der Waals surface area (Å²) in [5.41, 5.74) is 1.36. The molecule has 0 spiro atoms. The van der Waals surface area contributed by atoms with Crippen LogP contribution in [0.1, 0.15) is 50.6 Å². The maximum absolute atomic E-state index is 10.7. The Labute approximate surface area is 137 Å². The minimum atomic E-state index is -0.689. The highest BCUT2D eigenvalue weighted by Gasteiger charge is 2.32. The average molecular weight is 311 g/mol. The van der Waals surface area contributed by atoms with Gasteiger partial charge in [-0.15, -0.1) is 0 Å². The Kier molecular flexibility index (Phi) is 4.97. The van der Waals surface area contributed by atoms with Gasteiger partial charge in [-0.05, 0) is 61.6 Å². The number of aliphatic carboxylic acids is 1. The quantitative estimate of drug-likeness (QED) is 0.723. The molecular weight excluding hydrogens is 286 g/mol. The van der Waals surface area contributed by atoms with Crippen LogP contribution in [0.3, 0.4) is 0 Å². The summed E-state index contributed by atoms with van der Waals surface area (Å²) in [6.45, 7) is 3.27. The van der Waals surface area contributed by atoms with Crippen molar-refractivity contribution in [2.45, 2.75) is 51.1 Å². The van der Waals surface area contributed by atoms with E-state index in [4.69, 9.17) is 5.11 Å². The van der Waals surface area contributed by atoms with Crippen LogP contribution in [0.25, 0.3) is 10.8 Å². The second-order valence-corrected chi connectivity index (χ2v) is 6.60. The number of hydrogen-bond donors (Lipinski definition) is 1. The molecule has 3 heteroatoms. The monoisotopic (exact) mass is 311 g/mol. The molecule has 0 saturated heterocycles. The Balaban J connectivity index is 1.69. The summed E-state index contributed by atoms with van der Waals surface area (Å²) in [7, 11) is 0. The molecule has 1 aliphatic carbocycles. The highest BCUT2D eigenvalue weighted by molar-refractivity contribution is 5.83. The van der Waals surface area contributed by atoms with E-state index in [-0.39, 0.29) is 6.42 Å². The van der Waals surface area contributed by atoms with Crippen LogP contribution in [0.2, 0.25) is 0 Å². The van der Waals surface area contributed by atoms with E-state index in [2.05, 4.69) is 54.3 Å². The number of unbranched alkanes of at least 4 members (excludes halogenated alkanes) is 1. The highest BCUT2D eigenvalue weighted by Crippen LogP contribution is 2.35. The molecule has 0 radical (unpaired) electrons. The van der Waals surface area contributed by atoms with E-state index < -0.39 is 5.97 Å². The van der Waals surface area contributed by atoms with Crippen LogP contribution in [-0.2, 0) is 4.79 Å². The Morgan fingerprint density at radius 3 is 2.61 bits per heavy atom. The van der Waals surface area contributed by atoms with Gasteiger partial charge in [0.1, 0.15) is 0 Å². The summed E-state index contributed by atoms with van der Waals surface area (Å²) in [6, 6.07) is 16.3. The molecular formula is C20H25NO2. The first-order valence-electron chi connectivity index (χ1n) is 8.61. The van der Waals surface area contributed by atoms with Crippen molar-refractivity contribution in [3.63, 3.8) is 0 Å². The Hall–Kier alpha value is -1.87. The van der Waals surface area contributed by atoms with Crippen molar-refractivity contribution in [2.75, 3.05) is 6.54 Å². The Morgan fingerprint density at radius 1 is 1.17 bits per heavy atom. The lowest BCUT2D eigenvalue weighted by Crippen LogP contribution is -2.30. The Morgan fingerprint density at radius 2 is 1.91 bits per heavy atom. The third-order valence-electron chi connectivity index (χ3n) is 4.83. The summed E-state index contributed by atoms with van der Waals surface area (Å²) < 4.78 is 0. The van der Waals surface area contributed by atoms with Crippen molar-refractivity contribution in [1.82, 2.24) is 4.90 Å². The molecule has 0 amide bonds. The molecule has 3 rings (SSSR count). The van der Waals surface area contributed by atoms with Crippen LogP contribution < -0.4 is 0 Å². The van der Waals surface area contributed by atoms with Crippen molar-refractivity contribution in [2.24, 2.45) is 0 Å². The van der Waals surface area contributed by atoms with E-state index in [0.29, 0.717) is 12.1 Å². The summed E-state index contributed by atoms with van der Waals surface area (Å²) >= 11 is 0. The average Bonchev–Trinajstić information content (AvgIpc) is 3.38. The normalized spacial score (nSPS) is 15.9. The number of carboxylic acid groups (broad SMARTS) is 1. The van der Waals surface area contributed by atoms with Crippen LogP contribution in [-0.4, -0.2) is 28.6 Å². The third kappa shape index (κ3) is 4.11. The number of carbonyl (C=O) groups is 1. The van der Waals surface area contributed by atoms with E-state index in [1.165, 1.54) is 29.2 Å². The molecule has 0 heterocycles. The summed E-state index contributed by atoms with van der Waals surface area (Å²) in [6.07, 6.45) is 4.56. The predicted octanol–water partition coefficient (Wildman–Crippen LogP) is 4.62. The summed E-state index contributed by atoms with van der Waals surface area (Å²) in [5.74, 6) is -0.689. The van der Waals surface area contributed by atoms with Gasteiger partial charge >= 0.3 is 5.97 Å². The molecule has 0 bridgehead atoms. The first-order chi connectivity index (χ1) is 11.1. The zero-order valence-electron chi connectivity index (χ0n) is 13.7. The smallest absolute Gasteiger partial charge is 0.303 e. The maximum Gasteiger partial charge on any atom is 0.303 e. The molecule has 1 atom stereocenters. The van der Waals surface area contributed by atoms with Crippen molar-refractivity contribution >= 4 is 16.7 Å². The molecule has 0 aromatic heterocycles. The molecule has 1 fully saturated rings. The fourth-order valence-corrected chi connectivity index (χ4v) is 3.33. The maximum atomic E-state index is 10.7. The van der Waals surface area contributed by atoms with Crippen LogP contribution in [0.5, 0.6) is 0 Å². The minimum absolute atomic E-state index is 0.281. The second-order valence-electron chi connectivity index (χ2n) is 6.60. The summed E-state index contributed by atoms with van der Waals surface area (Å²) in [4.78, 5) is 13.2. The number of carboxylic acids is 1. The van der Waals surface area contributed by atoms with Gasteiger partial charge in [-0.3, -0.25) is 9.69 Å². The molecule has 23 heavy (non-hydrogen) atoms. The molecule has 122 valence electrons. The number of nitrogens with zero attached hydrogens (tertiary/aromatic N) is 1. The Bertz CT molecular complexity index is 678. The molecule has 1 aliphatic rings. The molecule has 2 aromatic carbocycles. The van der Waals surface area contributed by atoms with Gasteiger partial charge in [0.25, 0.3) is 0 Å². The van der Waals surface area contributed by atoms with Crippen LogP contribution in [0.4, 0.5) is 0 Å². The largest absolute Gasteiger partial charge is 0.481 e. The number of rotatable bonds is 8. The van der Waals surface area contributed by atoms with Crippen LogP contribution >= 0.6 is 0 Å². The van der Waals surface area contributed by atoms with Gasteiger partial charge in [-0.1, -0.05) is 36.4 Å². The predicted molar refractivity (Wildman–Crippen MR) is 93.6 cm³/mol. The van der Waals surface area contributed by atoms with Gasteiger partial charge in [-0.25, -0.2) is 0 Å². The third-order valence-corrected chi connectivity index (χ3v) is 4.83. The fraction of sp³-hybridized carbons (Fsp3) is 0.450. The lowest BCUT2D eigenvalue weighted by atomic mass is 10.0. The number of benzene rings is 2. The number of fused-ring (bicyclic) bond motifs is 1. The van der Waals surface area contributed by atoms with E-state index >= 15 is 0 Å². The standard InChI is InChI=1S/C20H25NO2/c1-15(17-10-9-16-6-2-3-7-18(16)14-17)21(19-11-12-19)13-5-4-8-20(22)23/h2-3,6-7,9-10,14-15,19H,4-5,8,11-13H2,1H3,(H,22,23). The van der Waals surface area contributed by atoms with Gasteiger partial charge in [-0.2, -0.15) is 0 Å². The van der Waals surface area contributed by atoms with Gasteiger partial charge in [0.2, 0.25) is 0 Å². The van der Waals surface area contributed by atoms with Gasteiger partial charge in [0, 0.05) is 18.5 Å². The molecule has 1 N–H and O–H groups in total. The lowest BCUT2D eigenvalue weighted by molar-refractivity contribution is -0.137. The molecule has 2 aromatic rings. The second kappa shape index (κ2) is 7.14. The first kappa shape index (κ1) is 16.0. The fourth-order valence-electron chi connectivity index (χ4n) is 3.33. The van der Waals surface area contributed by atoms with Gasteiger partial charge in [0.05, 0.1) is 0 Å². The topological polar surface area (TPSA) is 40.5 Å². The summed E-state index contributed by atoms with van der Waals surface area (Å²) in [5, 5.41) is 11.3. The molecule has 1 unspecified atom stereocenters. The molecule has 0 aliphatic heterocycles. The van der Waals surface area contributed by atoms with E-state index in [1.807, 2.05) is 0 Å². The molecule has 3 nitrogen and oxygen atoms in total. The van der Waals surface area contributed by atoms with Crippen molar-refractivity contribution in [3.8, 4) is 0 Å². The van der Waals surface area contributed by atoms with E-state index in [9.17, 15) is 4.79 Å².